The van der Waals surface area contributed by atoms with Gasteiger partial charge in [-0.05, 0) is 93.2 Å². The summed E-state index contributed by atoms with van der Waals surface area (Å²) in [6.45, 7) is 4.73. The van der Waals surface area contributed by atoms with Gasteiger partial charge in [0, 0.05) is 11.3 Å². The van der Waals surface area contributed by atoms with Gasteiger partial charge in [-0.1, -0.05) is 25.1 Å². The Kier molecular flexibility index (Phi) is 11.0. The zero-order chi connectivity index (χ0) is 26.6. The Bertz CT molecular complexity index is 1230. The molecule has 0 aromatic heterocycles. The SMILES string of the molecule is CCCOc1ccc(C(=O)N/N=C/c2cc(Br)c(OCC(=O)Nc3ccccc3)c(Br)c2)cc1OCC. The van der Waals surface area contributed by atoms with Crippen molar-refractivity contribution in [2.45, 2.75) is 20.3 Å². The molecule has 194 valence electrons. The molecule has 0 unspecified atom stereocenters. The number of benzene rings is 3. The highest BCUT2D eigenvalue weighted by atomic mass is 79.9. The van der Waals surface area contributed by atoms with Gasteiger partial charge in [0.2, 0.25) is 0 Å². The lowest BCUT2D eigenvalue weighted by Gasteiger charge is -2.12. The van der Waals surface area contributed by atoms with Gasteiger partial charge in [-0.25, -0.2) is 5.43 Å². The predicted molar refractivity (Wildman–Crippen MR) is 151 cm³/mol. The summed E-state index contributed by atoms with van der Waals surface area (Å²) in [5, 5.41) is 6.82. The molecule has 0 spiro atoms. The first kappa shape index (κ1) is 28.2. The number of ether oxygens (including phenoxy) is 3. The van der Waals surface area contributed by atoms with Gasteiger partial charge in [-0.2, -0.15) is 5.10 Å². The normalized spacial score (nSPS) is 10.7. The van der Waals surface area contributed by atoms with Crippen LogP contribution in [0.4, 0.5) is 5.69 Å². The Morgan fingerprint density at radius 3 is 2.32 bits per heavy atom. The van der Waals surface area contributed by atoms with Crippen molar-refractivity contribution in [3.05, 3.63) is 80.7 Å². The number of hydrogen-bond donors (Lipinski definition) is 2. The number of rotatable bonds is 12. The van der Waals surface area contributed by atoms with E-state index in [1.165, 1.54) is 6.21 Å². The zero-order valence-corrected chi connectivity index (χ0v) is 23.6. The number of anilines is 1. The van der Waals surface area contributed by atoms with Crippen molar-refractivity contribution in [2.75, 3.05) is 25.1 Å². The Hall–Kier alpha value is -3.37. The van der Waals surface area contributed by atoms with E-state index in [0.29, 0.717) is 56.2 Å². The van der Waals surface area contributed by atoms with Crippen molar-refractivity contribution in [1.29, 1.82) is 0 Å². The lowest BCUT2D eigenvalue weighted by Crippen LogP contribution is -2.20. The lowest BCUT2D eigenvalue weighted by atomic mass is 10.2. The predicted octanol–water partition coefficient (Wildman–Crippen LogP) is 6.18. The average Bonchev–Trinajstić information content (AvgIpc) is 2.88. The van der Waals surface area contributed by atoms with E-state index in [1.54, 1.807) is 42.5 Å². The number of halogens is 2. The molecule has 0 aliphatic rings. The number of carbonyl (C=O) groups is 2. The largest absolute Gasteiger partial charge is 0.490 e. The standard InChI is InChI=1S/C27H27Br2N3O5/c1-3-12-36-23-11-10-19(15-24(23)35-4-2)27(34)32-30-16-18-13-21(28)26(22(29)14-18)37-17-25(33)31-20-8-6-5-7-9-20/h5-11,13-16H,3-4,12,17H2,1-2H3,(H,31,33)(H,32,34)/b30-16+. The van der Waals surface area contributed by atoms with E-state index in [2.05, 4.69) is 47.7 Å². The first-order valence-corrected chi connectivity index (χ1v) is 13.2. The van der Waals surface area contributed by atoms with E-state index in [1.807, 2.05) is 32.0 Å². The van der Waals surface area contributed by atoms with Gasteiger partial charge in [0.1, 0.15) is 5.75 Å². The Morgan fingerprint density at radius 2 is 1.65 bits per heavy atom. The number of amides is 2. The third kappa shape index (κ3) is 8.61. The van der Waals surface area contributed by atoms with Crippen LogP contribution in [0.15, 0.2) is 74.7 Å². The van der Waals surface area contributed by atoms with E-state index in [9.17, 15) is 9.59 Å². The maximum atomic E-state index is 12.6. The highest BCUT2D eigenvalue weighted by Gasteiger charge is 2.13. The number of hydrazone groups is 1. The quantitative estimate of drug-likeness (QED) is 0.184. The van der Waals surface area contributed by atoms with Crippen LogP contribution in [0.3, 0.4) is 0 Å². The summed E-state index contributed by atoms with van der Waals surface area (Å²) < 4.78 is 18.2. The van der Waals surface area contributed by atoms with Crippen LogP contribution < -0.4 is 25.0 Å². The molecule has 2 amide bonds. The Balaban J connectivity index is 1.59. The molecule has 0 saturated carbocycles. The highest BCUT2D eigenvalue weighted by molar-refractivity contribution is 9.11. The maximum absolute atomic E-state index is 12.6. The van der Waals surface area contributed by atoms with Crippen LogP contribution >= 0.6 is 31.9 Å². The number of nitrogens with one attached hydrogen (secondary N) is 2. The minimum absolute atomic E-state index is 0.165. The van der Waals surface area contributed by atoms with Gasteiger partial charge in [-0.15, -0.1) is 0 Å². The first-order chi connectivity index (χ1) is 17.9. The van der Waals surface area contributed by atoms with Crippen LogP contribution in [0.5, 0.6) is 17.2 Å². The summed E-state index contributed by atoms with van der Waals surface area (Å²) in [4.78, 5) is 24.8. The van der Waals surface area contributed by atoms with E-state index in [0.717, 1.165) is 6.42 Å². The molecule has 2 N–H and O–H groups in total. The smallest absolute Gasteiger partial charge is 0.271 e. The fraction of sp³-hybridized carbons (Fsp3) is 0.222. The number of hydrogen-bond acceptors (Lipinski definition) is 6. The molecule has 0 heterocycles. The van der Waals surface area contributed by atoms with Crippen LogP contribution in [0, 0.1) is 0 Å². The van der Waals surface area contributed by atoms with Gasteiger partial charge < -0.3 is 19.5 Å². The van der Waals surface area contributed by atoms with Crippen molar-refractivity contribution in [1.82, 2.24) is 5.43 Å². The lowest BCUT2D eigenvalue weighted by molar-refractivity contribution is -0.118. The van der Waals surface area contributed by atoms with Crippen molar-refractivity contribution in [2.24, 2.45) is 5.10 Å². The fourth-order valence-electron chi connectivity index (χ4n) is 3.13. The van der Waals surface area contributed by atoms with Crippen LogP contribution in [0.25, 0.3) is 0 Å². The molecule has 0 aliphatic carbocycles. The van der Waals surface area contributed by atoms with Crippen molar-refractivity contribution >= 4 is 55.6 Å². The molecule has 0 aliphatic heterocycles. The molecule has 37 heavy (non-hydrogen) atoms. The van der Waals surface area contributed by atoms with Crippen molar-refractivity contribution in [3.8, 4) is 17.2 Å². The molecule has 3 aromatic carbocycles. The third-order valence-corrected chi connectivity index (χ3v) is 5.95. The molecular weight excluding hydrogens is 606 g/mol. The van der Waals surface area contributed by atoms with Gasteiger partial charge in [-0.3, -0.25) is 9.59 Å². The molecule has 10 heteroatoms. The summed E-state index contributed by atoms with van der Waals surface area (Å²) in [6, 6.07) is 17.7. The summed E-state index contributed by atoms with van der Waals surface area (Å²) in [5.41, 5.74) is 4.29. The maximum Gasteiger partial charge on any atom is 0.271 e. The molecule has 8 nitrogen and oxygen atoms in total. The summed E-state index contributed by atoms with van der Waals surface area (Å²) in [5.74, 6) is 0.905. The molecule has 0 radical (unpaired) electrons. The topological polar surface area (TPSA) is 98.3 Å². The van der Waals surface area contributed by atoms with Gasteiger partial charge >= 0.3 is 0 Å². The second-order valence-electron chi connectivity index (χ2n) is 7.66. The molecule has 0 atom stereocenters. The van der Waals surface area contributed by atoms with Crippen LogP contribution in [0.2, 0.25) is 0 Å². The Labute approximate surface area is 232 Å². The fourth-order valence-corrected chi connectivity index (χ4v) is 4.58. The zero-order valence-electron chi connectivity index (χ0n) is 20.4. The number of carbonyl (C=O) groups excluding carboxylic acids is 2. The van der Waals surface area contributed by atoms with Gasteiger partial charge in [0.05, 0.1) is 28.4 Å². The minimum atomic E-state index is -0.387. The molecule has 3 rings (SSSR count). The van der Waals surface area contributed by atoms with E-state index in [-0.39, 0.29) is 18.4 Å². The van der Waals surface area contributed by atoms with Crippen LogP contribution in [-0.4, -0.2) is 37.8 Å². The molecular formula is C27H27Br2N3O5. The molecule has 0 saturated heterocycles. The summed E-state index contributed by atoms with van der Waals surface area (Å²) in [6.07, 6.45) is 2.37. The van der Waals surface area contributed by atoms with Crippen LogP contribution in [-0.2, 0) is 4.79 Å². The molecule has 3 aromatic rings. The molecule has 0 fully saturated rings. The third-order valence-electron chi connectivity index (χ3n) is 4.77. The first-order valence-electron chi connectivity index (χ1n) is 11.6. The minimum Gasteiger partial charge on any atom is -0.490 e. The second-order valence-corrected chi connectivity index (χ2v) is 9.37. The summed E-state index contributed by atoms with van der Waals surface area (Å²) >= 11 is 6.92. The van der Waals surface area contributed by atoms with Crippen LogP contribution in [0.1, 0.15) is 36.2 Å². The van der Waals surface area contributed by atoms with Crippen molar-refractivity contribution in [3.63, 3.8) is 0 Å². The van der Waals surface area contributed by atoms with Crippen molar-refractivity contribution < 1.29 is 23.8 Å². The van der Waals surface area contributed by atoms with E-state index < -0.39 is 0 Å². The summed E-state index contributed by atoms with van der Waals surface area (Å²) in [7, 11) is 0. The van der Waals surface area contributed by atoms with E-state index >= 15 is 0 Å². The monoisotopic (exact) mass is 631 g/mol. The second kappa shape index (κ2) is 14.4. The highest BCUT2D eigenvalue weighted by Crippen LogP contribution is 2.34. The number of nitrogens with zero attached hydrogens (tertiary/aromatic N) is 1. The number of para-hydroxylation sites is 1. The van der Waals surface area contributed by atoms with Gasteiger partial charge in [0.15, 0.2) is 18.1 Å². The van der Waals surface area contributed by atoms with E-state index in [4.69, 9.17) is 14.2 Å². The molecule has 0 bridgehead atoms. The Morgan fingerprint density at radius 1 is 0.919 bits per heavy atom. The van der Waals surface area contributed by atoms with Gasteiger partial charge in [0.25, 0.3) is 11.8 Å². The average molecular weight is 633 g/mol.